The van der Waals surface area contributed by atoms with Crippen LogP contribution in [0.2, 0.25) is 0 Å². The van der Waals surface area contributed by atoms with E-state index in [4.69, 9.17) is 0 Å². The zero-order valence-electron chi connectivity index (χ0n) is 23.3. The fourth-order valence-corrected chi connectivity index (χ4v) is 4.85. The summed E-state index contributed by atoms with van der Waals surface area (Å²) in [6.45, 7) is 5.18. The number of rotatable bonds is 9. The number of piperazine rings is 1. The molecule has 2 aliphatic heterocycles. The molecule has 2 amide bonds. The number of nitrogens with zero attached hydrogens (tertiary/aromatic N) is 6. The maximum atomic E-state index is 13.7. The van der Waals surface area contributed by atoms with Gasteiger partial charge in [0.05, 0.1) is 12.3 Å². The normalized spacial score (nSPS) is 16.4. The molecule has 5 rings (SSSR count). The number of benzene rings is 2. The predicted molar refractivity (Wildman–Crippen MR) is 151 cm³/mol. The third-order valence-corrected chi connectivity index (χ3v) is 7.39. The van der Waals surface area contributed by atoms with Crippen LogP contribution in [-0.4, -0.2) is 82.1 Å². The molecular weight excluding hydrogens is 547 g/mol. The minimum Gasteiger partial charge on any atom is -0.352 e. The van der Waals surface area contributed by atoms with Gasteiger partial charge in [0.2, 0.25) is 11.8 Å². The van der Waals surface area contributed by atoms with Gasteiger partial charge in [-0.25, -0.2) is 28.1 Å². The highest BCUT2D eigenvalue weighted by Crippen LogP contribution is 2.22. The molecule has 2 aliphatic rings. The van der Waals surface area contributed by atoms with Crippen LogP contribution in [0.25, 0.3) is 11.4 Å². The summed E-state index contributed by atoms with van der Waals surface area (Å²) >= 11 is 0. The lowest BCUT2D eigenvalue weighted by Crippen LogP contribution is -2.45. The minimum atomic E-state index is -1.54. The number of carbonyl (C=O) groups excluding carboxylic acids is 2. The van der Waals surface area contributed by atoms with Crippen molar-refractivity contribution in [2.45, 2.75) is 32.4 Å². The number of hydrogen-bond acceptors (Lipinski definition) is 7. The van der Waals surface area contributed by atoms with Crippen molar-refractivity contribution in [3.05, 3.63) is 82.9 Å². The van der Waals surface area contributed by atoms with Gasteiger partial charge in [-0.1, -0.05) is 18.2 Å². The van der Waals surface area contributed by atoms with E-state index in [0.29, 0.717) is 24.5 Å². The second-order valence-electron chi connectivity index (χ2n) is 10.5. The first-order valence-corrected chi connectivity index (χ1v) is 13.9. The Morgan fingerprint density at radius 3 is 2.36 bits per heavy atom. The van der Waals surface area contributed by atoms with Crippen molar-refractivity contribution in [3.8, 4) is 11.4 Å². The largest absolute Gasteiger partial charge is 0.352 e. The van der Waals surface area contributed by atoms with Gasteiger partial charge in [-0.3, -0.25) is 9.59 Å². The van der Waals surface area contributed by atoms with Crippen molar-refractivity contribution in [3.63, 3.8) is 0 Å². The highest BCUT2D eigenvalue weighted by atomic mass is 19.2. The minimum absolute atomic E-state index is 0.0153. The highest BCUT2D eigenvalue weighted by Gasteiger charge is 2.23. The Bertz CT molecular complexity index is 1450. The summed E-state index contributed by atoms with van der Waals surface area (Å²) in [5, 5.41) is 8.47. The van der Waals surface area contributed by atoms with E-state index in [2.05, 4.69) is 37.2 Å². The maximum absolute atomic E-state index is 13.7. The second kappa shape index (κ2) is 13.2. The van der Waals surface area contributed by atoms with Crippen LogP contribution in [0.4, 0.5) is 13.2 Å². The number of halogens is 3. The van der Waals surface area contributed by atoms with Crippen molar-refractivity contribution in [2.75, 3.05) is 39.8 Å². The van der Waals surface area contributed by atoms with Gasteiger partial charge < -0.3 is 15.1 Å². The lowest BCUT2D eigenvalue weighted by molar-refractivity contribution is -0.132. The van der Waals surface area contributed by atoms with Gasteiger partial charge in [-0.15, -0.1) is 0 Å². The van der Waals surface area contributed by atoms with Gasteiger partial charge in [0.25, 0.3) is 0 Å². The second-order valence-corrected chi connectivity index (χ2v) is 10.5. The quantitative estimate of drug-likeness (QED) is 0.391. The van der Waals surface area contributed by atoms with Crippen molar-refractivity contribution in [2.24, 2.45) is 5.10 Å². The van der Waals surface area contributed by atoms with Gasteiger partial charge >= 0.3 is 0 Å². The monoisotopic (exact) mass is 579 g/mol. The van der Waals surface area contributed by atoms with Crippen molar-refractivity contribution in [1.82, 2.24) is 30.1 Å². The van der Waals surface area contributed by atoms with Crippen LogP contribution < -0.4 is 5.32 Å². The molecule has 0 spiro atoms. The van der Waals surface area contributed by atoms with Crippen LogP contribution in [0.1, 0.15) is 36.0 Å². The summed E-state index contributed by atoms with van der Waals surface area (Å²) in [5.74, 6) is -3.93. The SMILES string of the molecule is CN1CCN(CCC(=O)NCc2cnc(-c3cccc(CN4N=C(c5cc(F)c(F)c(F)c5)CCC4=O)c3)nc2)CC1. The fraction of sp³-hybridized carbons (Fsp3) is 0.367. The summed E-state index contributed by atoms with van der Waals surface area (Å²) in [6, 6.07) is 9.08. The molecule has 1 saturated heterocycles. The molecule has 0 atom stereocenters. The summed E-state index contributed by atoms with van der Waals surface area (Å²) < 4.78 is 40.9. The van der Waals surface area contributed by atoms with E-state index in [1.165, 1.54) is 5.01 Å². The number of hydrazone groups is 1. The molecule has 1 fully saturated rings. The van der Waals surface area contributed by atoms with Gasteiger partial charge in [-0.05, 0) is 30.8 Å². The number of amides is 2. The van der Waals surface area contributed by atoms with Crippen LogP contribution in [-0.2, 0) is 22.7 Å². The van der Waals surface area contributed by atoms with Crippen LogP contribution in [0.15, 0.2) is 53.9 Å². The van der Waals surface area contributed by atoms with E-state index in [-0.39, 0.29) is 36.8 Å². The van der Waals surface area contributed by atoms with Gasteiger partial charge in [0.1, 0.15) is 0 Å². The molecule has 0 saturated carbocycles. The molecule has 0 aliphatic carbocycles. The number of hydrogen-bond donors (Lipinski definition) is 1. The van der Waals surface area contributed by atoms with Gasteiger partial charge in [0.15, 0.2) is 23.3 Å². The Morgan fingerprint density at radius 2 is 1.64 bits per heavy atom. The molecule has 220 valence electrons. The Labute approximate surface area is 242 Å². The van der Waals surface area contributed by atoms with E-state index in [9.17, 15) is 22.8 Å². The summed E-state index contributed by atoms with van der Waals surface area (Å²) in [7, 11) is 2.10. The molecule has 3 heterocycles. The van der Waals surface area contributed by atoms with E-state index in [1.54, 1.807) is 12.4 Å². The summed E-state index contributed by atoms with van der Waals surface area (Å²) in [4.78, 5) is 38.3. The Hall–Kier alpha value is -4.16. The van der Waals surface area contributed by atoms with Crippen molar-refractivity contribution < 1.29 is 22.8 Å². The highest BCUT2D eigenvalue weighted by molar-refractivity contribution is 6.04. The fourth-order valence-electron chi connectivity index (χ4n) is 4.85. The molecule has 2 aromatic carbocycles. The smallest absolute Gasteiger partial charge is 0.243 e. The average Bonchev–Trinajstić information content (AvgIpc) is 3.00. The first-order chi connectivity index (χ1) is 20.2. The molecule has 1 aromatic heterocycles. The third kappa shape index (κ3) is 7.37. The Morgan fingerprint density at radius 1 is 0.929 bits per heavy atom. The van der Waals surface area contributed by atoms with Crippen LogP contribution >= 0.6 is 0 Å². The third-order valence-electron chi connectivity index (χ3n) is 7.39. The first kappa shape index (κ1) is 29.3. The summed E-state index contributed by atoms with van der Waals surface area (Å²) in [5.41, 5.74) is 2.65. The predicted octanol–water partition coefficient (Wildman–Crippen LogP) is 3.34. The summed E-state index contributed by atoms with van der Waals surface area (Å²) in [6.07, 6.45) is 4.08. The molecule has 0 bridgehead atoms. The lowest BCUT2D eigenvalue weighted by Gasteiger charge is -2.32. The molecule has 12 heteroatoms. The van der Waals surface area contributed by atoms with E-state index >= 15 is 0 Å². The van der Waals surface area contributed by atoms with Crippen LogP contribution in [0, 0.1) is 17.5 Å². The molecular formula is C30H32F3N7O2. The topological polar surface area (TPSA) is 94.0 Å². The zero-order valence-corrected chi connectivity index (χ0v) is 23.3. The first-order valence-electron chi connectivity index (χ1n) is 13.9. The molecule has 1 N–H and O–H groups in total. The zero-order chi connectivity index (χ0) is 29.6. The number of carbonyl (C=O) groups is 2. The Kier molecular flexibility index (Phi) is 9.23. The lowest BCUT2D eigenvalue weighted by atomic mass is 10.0. The van der Waals surface area contributed by atoms with Crippen molar-refractivity contribution in [1.29, 1.82) is 0 Å². The van der Waals surface area contributed by atoms with E-state index in [1.807, 2.05) is 24.3 Å². The van der Waals surface area contributed by atoms with Gasteiger partial charge in [0, 0.05) is 87.6 Å². The molecule has 3 aromatic rings. The standard InChI is InChI=1S/C30H32F3N7O2/c1-38-9-11-39(12-10-38)8-7-27(41)34-16-21-17-35-30(36-18-21)22-4-2-3-20(13-22)19-40-28(42)6-5-26(37-40)23-14-24(31)29(33)25(32)15-23/h2-4,13-15,17-18H,5-12,16,19H2,1H3,(H,34,41). The average molecular weight is 580 g/mol. The van der Waals surface area contributed by atoms with Crippen LogP contribution in [0.5, 0.6) is 0 Å². The number of likely N-dealkylation sites (N-methyl/N-ethyl adjacent to an activating group) is 1. The molecule has 0 radical (unpaired) electrons. The van der Waals surface area contributed by atoms with E-state index in [0.717, 1.165) is 61.5 Å². The number of nitrogens with one attached hydrogen (secondary N) is 1. The number of aromatic nitrogens is 2. The van der Waals surface area contributed by atoms with Crippen LogP contribution in [0.3, 0.4) is 0 Å². The maximum Gasteiger partial charge on any atom is 0.243 e. The molecule has 42 heavy (non-hydrogen) atoms. The molecule has 9 nitrogen and oxygen atoms in total. The Balaban J connectivity index is 1.18. The molecule has 0 unspecified atom stereocenters. The van der Waals surface area contributed by atoms with E-state index < -0.39 is 17.5 Å². The van der Waals surface area contributed by atoms with Gasteiger partial charge in [-0.2, -0.15) is 5.10 Å². The van der Waals surface area contributed by atoms with Crippen molar-refractivity contribution >= 4 is 17.5 Å².